The number of allylic oxidation sites excluding steroid dienone is 2. The zero-order chi connectivity index (χ0) is 16.5. The van der Waals surface area contributed by atoms with Crippen LogP contribution >= 0.6 is 0 Å². The number of hydrogen-bond donors (Lipinski definition) is 1. The SMILES string of the molecule is CCC12CCCN3CCC4C(=C31)N(c1ccccc14)C(C(=O)O)C2. The first-order chi connectivity index (χ1) is 11.7. The van der Waals surface area contributed by atoms with Crippen molar-refractivity contribution in [1.82, 2.24) is 4.90 Å². The average Bonchev–Trinajstić information content (AvgIpc) is 2.95. The molecule has 0 aliphatic carbocycles. The molecule has 0 radical (unpaired) electrons. The second-order valence-corrected chi connectivity index (χ2v) is 7.79. The van der Waals surface area contributed by atoms with E-state index in [1.54, 1.807) is 0 Å². The lowest BCUT2D eigenvalue weighted by atomic mass is 9.65. The highest BCUT2D eigenvalue weighted by molar-refractivity contribution is 5.84. The molecule has 4 aliphatic rings. The number of para-hydroxylation sites is 1. The fourth-order valence-corrected chi connectivity index (χ4v) is 5.82. The first kappa shape index (κ1) is 14.4. The molecule has 4 heterocycles. The van der Waals surface area contributed by atoms with E-state index in [-0.39, 0.29) is 5.41 Å². The molecule has 0 amide bonds. The Labute approximate surface area is 142 Å². The molecule has 5 rings (SSSR count). The van der Waals surface area contributed by atoms with Gasteiger partial charge in [0.05, 0.1) is 0 Å². The first-order valence-electron chi connectivity index (χ1n) is 9.27. The lowest BCUT2D eigenvalue weighted by Crippen LogP contribution is -2.56. The summed E-state index contributed by atoms with van der Waals surface area (Å²) < 4.78 is 0. The molecule has 0 aromatic heterocycles. The van der Waals surface area contributed by atoms with E-state index in [9.17, 15) is 9.90 Å². The minimum Gasteiger partial charge on any atom is -0.480 e. The minimum absolute atomic E-state index is 0.0633. The minimum atomic E-state index is -0.674. The van der Waals surface area contributed by atoms with Gasteiger partial charge in [-0.15, -0.1) is 0 Å². The number of benzene rings is 1. The van der Waals surface area contributed by atoms with E-state index in [0.717, 1.165) is 44.5 Å². The summed E-state index contributed by atoms with van der Waals surface area (Å²) >= 11 is 0. The van der Waals surface area contributed by atoms with E-state index in [4.69, 9.17) is 0 Å². The number of aliphatic carboxylic acids is 1. The number of rotatable bonds is 2. The van der Waals surface area contributed by atoms with E-state index in [2.05, 4.69) is 34.9 Å². The summed E-state index contributed by atoms with van der Waals surface area (Å²) in [5.41, 5.74) is 5.34. The smallest absolute Gasteiger partial charge is 0.326 e. The number of carboxylic acid groups (broad SMARTS) is 1. The van der Waals surface area contributed by atoms with Crippen molar-refractivity contribution in [3.63, 3.8) is 0 Å². The summed E-state index contributed by atoms with van der Waals surface area (Å²) in [6, 6.07) is 8.03. The van der Waals surface area contributed by atoms with Crippen LogP contribution in [0.2, 0.25) is 0 Å². The predicted molar refractivity (Wildman–Crippen MR) is 92.9 cm³/mol. The van der Waals surface area contributed by atoms with Gasteiger partial charge in [0.1, 0.15) is 6.04 Å². The van der Waals surface area contributed by atoms with Crippen molar-refractivity contribution in [2.45, 2.75) is 51.0 Å². The molecule has 1 fully saturated rings. The highest BCUT2D eigenvalue weighted by Gasteiger charge is 2.55. The van der Waals surface area contributed by atoms with Crippen molar-refractivity contribution in [2.75, 3.05) is 18.0 Å². The molecule has 1 aromatic rings. The van der Waals surface area contributed by atoms with Crippen LogP contribution in [-0.4, -0.2) is 35.1 Å². The Morgan fingerprint density at radius 3 is 2.96 bits per heavy atom. The Kier molecular flexibility index (Phi) is 2.86. The van der Waals surface area contributed by atoms with Crippen LogP contribution in [-0.2, 0) is 4.79 Å². The Balaban J connectivity index is 1.80. The molecule has 1 saturated heterocycles. The maximum Gasteiger partial charge on any atom is 0.326 e. The summed E-state index contributed by atoms with van der Waals surface area (Å²) in [7, 11) is 0. The molecule has 3 unspecified atom stereocenters. The van der Waals surface area contributed by atoms with Gasteiger partial charge >= 0.3 is 5.97 Å². The predicted octanol–water partition coefficient (Wildman–Crippen LogP) is 3.55. The van der Waals surface area contributed by atoms with Crippen LogP contribution in [0.25, 0.3) is 0 Å². The third-order valence-electron chi connectivity index (χ3n) is 6.85. The van der Waals surface area contributed by atoms with Crippen LogP contribution in [0.1, 0.15) is 50.5 Å². The van der Waals surface area contributed by atoms with Gasteiger partial charge in [-0.2, -0.15) is 0 Å². The quantitative estimate of drug-likeness (QED) is 0.903. The largest absolute Gasteiger partial charge is 0.480 e. The number of nitrogens with zero attached hydrogens (tertiary/aromatic N) is 2. The molecule has 4 nitrogen and oxygen atoms in total. The average molecular weight is 324 g/mol. The summed E-state index contributed by atoms with van der Waals surface area (Å²) in [5, 5.41) is 10.0. The lowest BCUT2D eigenvalue weighted by Gasteiger charge is -2.55. The van der Waals surface area contributed by atoms with E-state index in [0.29, 0.717) is 5.92 Å². The summed E-state index contributed by atoms with van der Waals surface area (Å²) in [6.07, 6.45) is 5.23. The van der Waals surface area contributed by atoms with E-state index < -0.39 is 12.0 Å². The van der Waals surface area contributed by atoms with Gasteiger partial charge in [0.25, 0.3) is 0 Å². The molecule has 1 aromatic carbocycles. The molecule has 0 spiro atoms. The Morgan fingerprint density at radius 1 is 1.33 bits per heavy atom. The van der Waals surface area contributed by atoms with Gasteiger partial charge in [0.2, 0.25) is 0 Å². The van der Waals surface area contributed by atoms with E-state index in [1.807, 2.05) is 6.07 Å². The molecule has 4 aliphatic heterocycles. The molecule has 4 heteroatoms. The molecule has 1 N–H and O–H groups in total. The molecular weight excluding hydrogens is 300 g/mol. The van der Waals surface area contributed by atoms with E-state index in [1.165, 1.54) is 23.4 Å². The van der Waals surface area contributed by atoms with Gasteiger partial charge < -0.3 is 14.9 Å². The van der Waals surface area contributed by atoms with Crippen molar-refractivity contribution in [2.24, 2.45) is 5.41 Å². The number of carboxylic acids is 1. The number of fused-ring (bicyclic) bond motifs is 3. The maximum atomic E-state index is 12.2. The summed E-state index contributed by atoms with van der Waals surface area (Å²) in [4.78, 5) is 16.9. The Hall–Kier alpha value is -1.97. The van der Waals surface area contributed by atoms with Gasteiger partial charge in [0.15, 0.2) is 0 Å². The van der Waals surface area contributed by atoms with Gasteiger partial charge in [0, 0.05) is 41.5 Å². The number of carbonyl (C=O) groups is 1. The zero-order valence-corrected chi connectivity index (χ0v) is 14.2. The topological polar surface area (TPSA) is 43.8 Å². The molecular formula is C20H24N2O2. The van der Waals surface area contributed by atoms with Gasteiger partial charge in [-0.1, -0.05) is 25.1 Å². The third-order valence-corrected chi connectivity index (χ3v) is 6.85. The van der Waals surface area contributed by atoms with E-state index >= 15 is 0 Å². The van der Waals surface area contributed by atoms with Gasteiger partial charge in [-0.3, -0.25) is 0 Å². The second kappa shape index (κ2) is 4.78. The standard InChI is InChI=1S/C20H24N2O2/c1-2-20-9-5-10-21-11-8-14-13-6-3-4-7-15(13)22(17(14)18(20)21)16(12-20)19(23)24/h3-4,6-7,14,16H,2,5,8-12H2,1H3,(H,23,24). The Bertz CT molecular complexity index is 756. The van der Waals surface area contributed by atoms with Crippen LogP contribution < -0.4 is 4.90 Å². The zero-order valence-electron chi connectivity index (χ0n) is 14.2. The van der Waals surface area contributed by atoms with Crippen molar-refractivity contribution in [3.8, 4) is 0 Å². The number of hydrogen-bond acceptors (Lipinski definition) is 3. The normalized spacial score (nSPS) is 33.4. The molecule has 24 heavy (non-hydrogen) atoms. The van der Waals surface area contributed by atoms with Crippen LogP contribution in [0.3, 0.4) is 0 Å². The molecule has 0 bridgehead atoms. The molecule has 126 valence electrons. The van der Waals surface area contributed by atoms with Crippen molar-refractivity contribution in [3.05, 3.63) is 41.2 Å². The number of piperidine rings is 1. The van der Waals surface area contributed by atoms with Crippen molar-refractivity contribution in [1.29, 1.82) is 0 Å². The highest BCUT2D eigenvalue weighted by Crippen LogP contribution is 2.60. The third kappa shape index (κ3) is 1.61. The van der Waals surface area contributed by atoms with Crippen LogP contribution in [0.4, 0.5) is 5.69 Å². The highest BCUT2D eigenvalue weighted by atomic mass is 16.4. The summed E-state index contributed by atoms with van der Waals surface area (Å²) in [6.45, 7) is 4.50. The van der Waals surface area contributed by atoms with Crippen molar-refractivity contribution >= 4 is 11.7 Å². The second-order valence-electron chi connectivity index (χ2n) is 7.79. The summed E-state index contributed by atoms with van der Waals surface area (Å²) in [5.74, 6) is -0.286. The fraction of sp³-hybridized carbons (Fsp3) is 0.550. The monoisotopic (exact) mass is 324 g/mol. The van der Waals surface area contributed by atoms with Crippen LogP contribution in [0.15, 0.2) is 35.7 Å². The van der Waals surface area contributed by atoms with Crippen LogP contribution in [0, 0.1) is 5.41 Å². The van der Waals surface area contributed by atoms with Crippen LogP contribution in [0.5, 0.6) is 0 Å². The van der Waals surface area contributed by atoms with Gasteiger partial charge in [-0.05, 0) is 43.7 Å². The van der Waals surface area contributed by atoms with Gasteiger partial charge in [-0.25, -0.2) is 4.79 Å². The number of anilines is 1. The lowest BCUT2D eigenvalue weighted by molar-refractivity contribution is -0.139. The maximum absolute atomic E-state index is 12.2. The Morgan fingerprint density at radius 2 is 2.17 bits per heavy atom. The fourth-order valence-electron chi connectivity index (χ4n) is 5.82. The first-order valence-corrected chi connectivity index (χ1v) is 9.27. The molecule has 3 atom stereocenters. The van der Waals surface area contributed by atoms with Crippen molar-refractivity contribution < 1.29 is 9.90 Å². The molecule has 0 saturated carbocycles.